The van der Waals surface area contributed by atoms with E-state index in [4.69, 9.17) is 5.11 Å². The summed E-state index contributed by atoms with van der Waals surface area (Å²) < 4.78 is 0. The van der Waals surface area contributed by atoms with E-state index in [2.05, 4.69) is 18.8 Å². The normalized spacial score (nSPS) is 22.9. The number of H-pyrrole nitrogens is 1. The molecule has 0 saturated carbocycles. The van der Waals surface area contributed by atoms with Crippen LogP contribution in [-0.2, 0) is 0 Å². The summed E-state index contributed by atoms with van der Waals surface area (Å²) in [5.74, 6) is 0.0287. The Labute approximate surface area is 119 Å². The average Bonchev–Trinajstić information content (AvgIpc) is 2.67. The van der Waals surface area contributed by atoms with Crippen molar-refractivity contribution in [3.05, 3.63) is 22.5 Å². The molecule has 0 bridgehead atoms. The summed E-state index contributed by atoms with van der Waals surface area (Å²) in [7, 11) is 0. The van der Waals surface area contributed by atoms with Crippen LogP contribution in [0.4, 0.5) is 0 Å². The molecule has 2 atom stereocenters. The molecule has 0 aromatic carbocycles. The number of aryl methyl sites for hydroxylation is 1. The van der Waals surface area contributed by atoms with Crippen LogP contribution >= 0.6 is 0 Å². The minimum atomic E-state index is -1.02. The minimum absolute atomic E-state index is 0.0532. The number of carbonyl (C=O) groups is 2. The zero-order chi connectivity index (χ0) is 15.0. The fraction of sp³-hybridized carbons (Fsp3) is 0.600. The van der Waals surface area contributed by atoms with E-state index in [1.54, 1.807) is 13.8 Å². The van der Waals surface area contributed by atoms with E-state index in [9.17, 15) is 9.59 Å². The summed E-state index contributed by atoms with van der Waals surface area (Å²) >= 11 is 0. The molecule has 1 aliphatic heterocycles. The van der Waals surface area contributed by atoms with E-state index in [-0.39, 0.29) is 11.6 Å². The van der Waals surface area contributed by atoms with E-state index in [0.717, 1.165) is 19.5 Å². The van der Waals surface area contributed by atoms with Gasteiger partial charge in [0, 0.05) is 18.8 Å². The monoisotopic (exact) mass is 278 g/mol. The molecule has 0 spiro atoms. The average molecular weight is 278 g/mol. The van der Waals surface area contributed by atoms with Crippen molar-refractivity contribution in [1.29, 1.82) is 0 Å². The van der Waals surface area contributed by atoms with Crippen molar-refractivity contribution in [2.75, 3.05) is 13.1 Å². The van der Waals surface area contributed by atoms with Crippen molar-refractivity contribution >= 4 is 11.9 Å². The summed E-state index contributed by atoms with van der Waals surface area (Å²) in [6, 6.07) is 0. The molecule has 2 heterocycles. The van der Waals surface area contributed by atoms with E-state index in [1.165, 1.54) is 0 Å². The molecule has 1 fully saturated rings. The third kappa shape index (κ3) is 2.44. The van der Waals surface area contributed by atoms with Crippen molar-refractivity contribution in [2.24, 2.45) is 11.8 Å². The van der Waals surface area contributed by atoms with Crippen LogP contribution in [0.1, 0.15) is 52.4 Å². The maximum atomic E-state index is 12.6. The van der Waals surface area contributed by atoms with E-state index in [1.807, 2.05) is 4.90 Å². The number of nitrogens with zero attached hydrogens (tertiary/aromatic N) is 1. The summed E-state index contributed by atoms with van der Waals surface area (Å²) in [5, 5.41) is 9.12. The number of aromatic amines is 1. The lowest BCUT2D eigenvalue weighted by Gasteiger charge is -2.35. The molecule has 1 aliphatic rings. The molecule has 1 saturated heterocycles. The van der Waals surface area contributed by atoms with Gasteiger partial charge in [-0.15, -0.1) is 0 Å². The second-order valence-electron chi connectivity index (χ2n) is 5.92. The molecule has 110 valence electrons. The predicted octanol–water partition coefficient (Wildman–Crippen LogP) is 2.45. The zero-order valence-corrected chi connectivity index (χ0v) is 12.5. The Bertz CT molecular complexity index is 548. The number of piperidine rings is 1. The zero-order valence-electron chi connectivity index (χ0n) is 12.5. The maximum Gasteiger partial charge on any atom is 0.352 e. The number of amides is 1. The van der Waals surface area contributed by atoms with E-state index in [0.29, 0.717) is 28.7 Å². The molecule has 1 amide bonds. The lowest BCUT2D eigenvalue weighted by atomic mass is 9.88. The van der Waals surface area contributed by atoms with Gasteiger partial charge < -0.3 is 15.0 Å². The topological polar surface area (TPSA) is 73.4 Å². The molecule has 1 aromatic rings. The lowest BCUT2D eigenvalue weighted by molar-refractivity contribution is 0.0626. The first-order valence-electron chi connectivity index (χ1n) is 7.04. The molecule has 1 aromatic heterocycles. The summed E-state index contributed by atoms with van der Waals surface area (Å²) in [6.07, 6.45) is 1.00. The maximum absolute atomic E-state index is 12.6. The van der Waals surface area contributed by atoms with Gasteiger partial charge in [0.15, 0.2) is 0 Å². The van der Waals surface area contributed by atoms with Crippen LogP contribution < -0.4 is 0 Å². The number of carbonyl (C=O) groups excluding carboxylic acids is 1. The SMILES string of the molecule is Cc1[nH]c(C(=O)O)c(C)c1C(=O)N1CCC(C)C(C)C1. The first kappa shape index (κ1) is 14.6. The van der Waals surface area contributed by atoms with Crippen LogP contribution in [0.15, 0.2) is 0 Å². The molecule has 5 nitrogen and oxygen atoms in total. The van der Waals surface area contributed by atoms with Crippen molar-refractivity contribution in [1.82, 2.24) is 9.88 Å². The van der Waals surface area contributed by atoms with Crippen molar-refractivity contribution < 1.29 is 14.7 Å². The van der Waals surface area contributed by atoms with Crippen LogP contribution in [0.5, 0.6) is 0 Å². The van der Waals surface area contributed by atoms with Crippen molar-refractivity contribution in [2.45, 2.75) is 34.1 Å². The second-order valence-corrected chi connectivity index (χ2v) is 5.92. The Balaban J connectivity index is 2.28. The summed E-state index contributed by atoms with van der Waals surface area (Å²) in [6.45, 7) is 9.30. The highest BCUT2D eigenvalue weighted by Gasteiger charge is 2.30. The van der Waals surface area contributed by atoms with Gasteiger partial charge in [-0.25, -0.2) is 4.79 Å². The first-order chi connectivity index (χ1) is 9.32. The number of nitrogens with one attached hydrogen (secondary N) is 1. The molecular formula is C15H22N2O3. The second kappa shape index (κ2) is 5.31. The predicted molar refractivity (Wildman–Crippen MR) is 76.1 cm³/mol. The van der Waals surface area contributed by atoms with Crippen molar-refractivity contribution in [3.8, 4) is 0 Å². The van der Waals surface area contributed by atoms with Crippen LogP contribution in [0.2, 0.25) is 0 Å². The smallest absolute Gasteiger partial charge is 0.352 e. The number of aromatic carboxylic acids is 1. The molecule has 20 heavy (non-hydrogen) atoms. The van der Waals surface area contributed by atoms with Gasteiger partial charge in [-0.1, -0.05) is 13.8 Å². The number of carboxylic acid groups (broad SMARTS) is 1. The van der Waals surface area contributed by atoms with E-state index >= 15 is 0 Å². The van der Waals surface area contributed by atoms with Gasteiger partial charge in [-0.3, -0.25) is 4.79 Å². The van der Waals surface area contributed by atoms with E-state index < -0.39 is 5.97 Å². The van der Waals surface area contributed by atoms with Gasteiger partial charge in [-0.05, 0) is 37.7 Å². The van der Waals surface area contributed by atoms with Gasteiger partial charge >= 0.3 is 5.97 Å². The largest absolute Gasteiger partial charge is 0.477 e. The Morgan fingerprint density at radius 3 is 2.40 bits per heavy atom. The molecule has 5 heteroatoms. The van der Waals surface area contributed by atoms with Crippen molar-refractivity contribution in [3.63, 3.8) is 0 Å². The number of likely N-dealkylation sites (tertiary alicyclic amines) is 1. The summed E-state index contributed by atoms with van der Waals surface area (Å²) in [5.41, 5.74) is 1.80. The molecular weight excluding hydrogens is 256 g/mol. The van der Waals surface area contributed by atoms with Gasteiger partial charge in [0.2, 0.25) is 0 Å². The standard InChI is InChI=1S/C15H22N2O3/c1-8-5-6-17(7-9(8)2)14(18)12-10(3)13(15(19)20)16-11(12)4/h8-9,16H,5-7H2,1-4H3,(H,19,20). The highest BCUT2D eigenvalue weighted by atomic mass is 16.4. The highest BCUT2D eigenvalue weighted by molar-refractivity contribution is 6.00. The number of rotatable bonds is 2. The molecule has 0 radical (unpaired) electrons. The fourth-order valence-corrected chi connectivity index (χ4v) is 2.89. The Hall–Kier alpha value is -1.78. The summed E-state index contributed by atoms with van der Waals surface area (Å²) in [4.78, 5) is 28.4. The lowest BCUT2D eigenvalue weighted by Crippen LogP contribution is -2.42. The molecule has 2 rings (SSSR count). The highest BCUT2D eigenvalue weighted by Crippen LogP contribution is 2.26. The Morgan fingerprint density at radius 1 is 1.25 bits per heavy atom. The van der Waals surface area contributed by atoms with Gasteiger partial charge in [0.1, 0.15) is 5.69 Å². The number of hydrogen-bond donors (Lipinski definition) is 2. The van der Waals surface area contributed by atoms with Crippen LogP contribution in [0.3, 0.4) is 0 Å². The number of aromatic nitrogens is 1. The fourth-order valence-electron chi connectivity index (χ4n) is 2.89. The number of hydrogen-bond acceptors (Lipinski definition) is 2. The molecule has 2 unspecified atom stereocenters. The first-order valence-corrected chi connectivity index (χ1v) is 7.04. The quantitative estimate of drug-likeness (QED) is 0.872. The van der Waals surface area contributed by atoms with Crippen LogP contribution in [0, 0.1) is 25.7 Å². The van der Waals surface area contributed by atoms with Gasteiger partial charge in [0.25, 0.3) is 5.91 Å². The third-order valence-electron chi connectivity index (χ3n) is 4.49. The minimum Gasteiger partial charge on any atom is -0.477 e. The Kier molecular flexibility index (Phi) is 3.88. The Morgan fingerprint density at radius 2 is 1.90 bits per heavy atom. The third-order valence-corrected chi connectivity index (χ3v) is 4.49. The molecule has 0 aliphatic carbocycles. The van der Waals surface area contributed by atoms with Gasteiger partial charge in [0.05, 0.1) is 5.56 Å². The van der Waals surface area contributed by atoms with Gasteiger partial charge in [-0.2, -0.15) is 0 Å². The number of carboxylic acids is 1. The molecule has 2 N–H and O–H groups in total. The van der Waals surface area contributed by atoms with Crippen LogP contribution in [0.25, 0.3) is 0 Å². The van der Waals surface area contributed by atoms with Crippen LogP contribution in [-0.4, -0.2) is 40.0 Å².